The molecule has 4 heteroatoms. The molecule has 0 aromatic carbocycles. The minimum atomic E-state index is 0.668. The van der Waals surface area contributed by atoms with Gasteiger partial charge in [-0.25, -0.2) is 9.97 Å². The average molecular weight is 237 g/mol. The van der Waals surface area contributed by atoms with Crippen LogP contribution >= 0.6 is 11.8 Å². The Bertz CT molecular complexity index is 304. The van der Waals surface area contributed by atoms with Gasteiger partial charge in [0.25, 0.3) is 0 Å². The van der Waals surface area contributed by atoms with Crippen molar-refractivity contribution >= 4 is 11.8 Å². The topological polar surface area (TPSA) is 37.8 Å². The quantitative estimate of drug-likeness (QED) is 0.871. The summed E-state index contributed by atoms with van der Waals surface area (Å²) < 4.78 is 0. The predicted molar refractivity (Wildman–Crippen MR) is 68.4 cm³/mol. The van der Waals surface area contributed by atoms with E-state index in [0.29, 0.717) is 6.04 Å². The van der Waals surface area contributed by atoms with Crippen LogP contribution in [-0.2, 0) is 6.54 Å². The van der Waals surface area contributed by atoms with Crippen LogP contribution in [0, 0.1) is 0 Å². The number of hydrogen-bond acceptors (Lipinski definition) is 4. The van der Waals surface area contributed by atoms with E-state index in [2.05, 4.69) is 21.5 Å². The maximum Gasteiger partial charge on any atom is 0.115 e. The van der Waals surface area contributed by atoms with Crippen LogP contribution in [0.3, 0.4) is 0 Å². The van der Waals surface area contributed by atoms with Gasteiger partial charge >= 0.3 is 0 Å². The second-order valence-electron chi connectivity index (χ2n) is 4.30. The van der Waals surface area contributed by atoms with Crippen LogP contribution < -0.4 is 5.32 Å². The molecule has 1 N–H and O–H groups in total. The highest BCUT2D eigenvalue weighted by Crippen LogP contribution is 2.26. The van der Waals surface area contributed by atoms with Crippen molar-refractivity contribution in [3.05, 3.63) is 24.3 Å². The third kappa shape index (κ3) is 3.46. The third-order valence-electron chi connectivity index (χ3n) is 3.17. The van der Waals surface area contributed by atoms with Crippen LogP contribution in [0.5, 0.6) is 0 Å². The molecule has 1 saturated carbocycles. The molecular formula is C12H19N3S. The molecule has 2 unspecified atom stereocenters. The Morgan fingerprint density at radius 1 is 1.50 bits per heavy atom. The zero-order chi connectivity index (χ0) is 11.2. The molecule has 0 saturated heterocycles. The van der Waals surface area contributed by atoms with Crippen molar-refractivity contribution in [2.45, 2.75) is 43.5 Å². The minimum Gasteiger partial charge on any atom is -0.308 e. The Balaban J connectivity index is 1.77. The van der Waals surface area contributed by atoms with E-state index >= 15 is 0 Å². The number of nitrogens with zero attached hydrogens (tertiary/aromatic N) is 2. The molecule has 1 fully saturated rings. The van der Waals surface area contributed by atoms with Crippen molar-refractivity contribution in [2.75, 3.05) is 6.26 Å². The van der Waals surface area contributed by atoms with E-state index in [1.165, 1.54) is 25.7 Å². The fourth-order valence-electron chi connectivity index (χ4n) is 2.22. The number of thioether (sulfide) groups is 1. The minimum absolute atomic E-state index is 0.668. The fourth-order valence-corrected chi connectivity index (χ4v) is 3.04. The maximum absolute atomic E-state index is 4.22. The highest BCUT2D eigenvalue weighted by molar-refractivity contribution is 7.99. The van der Waals surface area contributed by atoms with Crippen molar-refractivity contribution < 1.29 is 0 Å². The van der Waals surface area contributed by atoms with Crippen molar-refractivity contribution in [1.82, 2.24) is 15.3 Å². The fraction of sp³-hybridized carbons (Fsp3) is 0.667. The highest BCUT2D eigenvalue weighted by Gasteiger charge is 2.20. The number of rotatable bonds is 4. The van der Waals surface area contributed by atoms with Gasteiger partial charge in [-0.15, -0.1) is 0 Å². The summed E-state index contributed by atoms with van der Waals surface area (Å²) in [5.74, 6) is 0. The maximum atomic E-state index is 4.22. The molecule has 1 aliphatic carbocycles. The van der Waals surface area contributed by atoms with Crippen molar-refractivity contribution in [1.29, 1.82) is 0 Å². The molecule has 0 spiro atoms. The van der Waals surface area contributed by atoms with Crippen molar-refractivity contribution in [2.24, 2.45) is 0 Å². The van der Waals surface area contributed by atoms with Crippen LogP contribution in [0.2, 0.25) is 0 Å². The lowest BCUT2D eigenvalue weighted by molar-refractivity contribution is 0.378. The molecule has 0 amide bonds. The lowest BCUT2D eigenvalue weighted by Gasteiger charge is -2.28. The van der Waals surface area contributed by atoms with E-state index in [0.717, 1.165) is 17.5 Å². The van der Waals surface area contributed by atoms with Gasteiger partial charge in [-0.05, 0) is 31.6 Å². The molecule has 0 bridgehead atoms. The summed E-state index contributed by atoms with van der Waals surface area (Å²) in [4.78, 5) is 8.15. The smallest absolute Gasteiger partial charge is 0.115 e. The van der Waals surface area contributed by atoms with Crippen molar-refractivity contribution in [3.8, 4) is 0 Å². The van der Waals surface area contributed by atoms with Crippen molar-refractivity contribution in [3.63, 3.8) is 0 Å². The largest absolute Gasteiger partial charge is 0.308 e. The van der Waals surface area contributed by atoms with Crippen LogP contribution in [0.25, 0.3) is 0 Å². The second kappa shape index (κ2) is 6.21. The van der Waals surface area contributed by atoms with Gasteiger partial charge in [0.2, 0.25) is 0 Å². The summed E-state index contributed by atoms with van der Waals surface area (Å²) in [6.07, 6.45) is 11.0. The summed E-state index contributed by atoms with van der Waals surface area (Å²) >= 11 is 2.01. The molecule has 0 radical (unpaired) electrons. The van der Waals surface area contributed by atoms with Crippen LogP contribution in [0.15, 0.2) is 18.6 Å². The van der Waals surface area contributed by atoms with Gasteiger partial charge in [0, 0.05) is 24.0 Å². The Hall–Kier alpha value is -0.610. The molecule has 1 aromatic heterocycles. The highest BCUT2D eigenvalue weighted by atomic mass is 32.2. The molecule has 2 atom stereocenters. The molecule has 1 heterocycles. The van der Waals surface area contributed by atoms with Gasteiger partial charge in [-0.2, -0.15) is 11.8 Å². The molecule has 1 aliphatic rings. The molecular weight excluding hydrogens is 218 g/mol. The average Bonchev–Trinajstić information content (AvgIpc) is 2.38. The SMILES string of the molecule is CSC1CCCC(NCc2ccncn2)C1. The molecule has 88 valence electrons. The Morgan fingerprint density at radius 3 is 3.19 bits per heavy atom. The molecule has 2 rings (SSSR count). The zero-order valence-corrected chi connectivity index (χ0v) is 10.5. The third-order valence-corrected chi connectivity index (χ3v) is 4.27. The Kier molecular flexibility index (Phi) is 4.60. The first kappa shape index (κ1) is 11.9. The monoisotopic (exact) mass is 237 g/mol. The van der Waals surface area contributed by atoms with E-state index in [4.69, 9.17) is 0 Å². The standard InChI is InChI=1S/C12H19N3S/c1-16-12-4-2-3-10(7-12)14-8-11-5-6-13-9-15-11/h5-6,9-10,12,14H,2-4,7-8H2,1H3. The van der Waals surface area contributed by atoms with E-state index in [9.17, 15) is 0 Å². The summed E-state index contributed by atoms with van der Waals surface area (Å²) in [5.41, 5.74) is 1.08. The van der Waals surface area contributed by atoms with Gasteiger partial charge in [0.15, 0.2) is 0 Å². The number of hydrogen-bond donors (Lipinski definition) is 1. The molecule has 0 aliphatic heterocycles. The zero-order valence-electron chi connectivity index (χ0n) is 9.72. The van der Waals surface area contributed by atoms with E-state index in [1.54, 1.807) is 12.5 Å². The Morgan fingerprint density at radius 2 is 2.44 bits per heavy atom. The molecule has 3 nitrogen and oxygen atoms in total. The van der Waals surface area contributed by atoms with Gasteiger partial charge in [0.05, 0.1) is 5.69 Å². The van der Waals surface area contributed by atoms with Crippen LogP contribution in [0.4, 0.5) is 0 Å². The first-order valence-electron chi connectivity index (χ1n) is 5.89. The number of aromatic nitrogens is 2. The summed E-state index contributed by atoms with van der Waals surface area (Å²) in [6.45, 7) is 0.869. The van der Waals surface area contributed by atoms with Crippen LogP contribution in [-0.4, -0.2) is 27.5 Å². The first-order chi connectivity index (χ1) is 7.88. The predicted octanol–water partition coefficient (Wildman–Crippen LogP) is 2.24. The molecule has 1 aromatic rings. The lowest BCUT2D eigenvalue weighted by atomic mass is 9.95. The first-order valence-corrected chi connectivity index (χ1v) is 7.18. The summed E-state index contributed by atoms with van der Waals surface area (Å²) in [7, 11) is 0. The normalized spacial score (nSPS) is 25.6. The lowest BCUT2D eigenvalue weighted by Crippen LogP contribution is -2.34. The van der Waals surface area contributed by atoms with Gasteiger partial charge < -0.3 is 5.32 Å². The summed E-state index contributed by atoms with van der Waals surface area (Å²) in [5, 5.41) is 4.44. The molecule has 16 heavy (non-hydrogen) atoms. The van der Waals surface area contributed by atoms with Crippen LogP contribution in [0.1, 0.15) is 31.4 Å². The van der Waals surface area contributed by atoms with Gasteiger partial charge in [0.1, 0.15) is 6.33 Å². The summed E-state index contributed by atoms with van der Waals surface area (Å²) in [6, 6.07) is 2.64. The van der Waals surface area contributed by atoms with Gasteiger partial charge in [-0.3, -0.25) is 0 Å². The van der Waals surface area contributed by atoms with Gasteiger partial charge in [-0.1, -0.05) is 6.42 Å². The second-order valence-corrected chi connectivity index (χ2v) is 5.44. The van der Waals surface area contributed by atoms with E-state index in [1.807, 2.05) is 17.8 Å². The Labute approximate surface area is 101 Å². The van der Waals surface area contributed by atoms with E-state index in [-0.39, 0.29) is 0 Å². The van der Waals surface area contributed by atoms with E-state index < -0.39 is 0 Å². The number of nitrogens with one attached hydrogen (secondary N) is 1.